The van der Waals surface area contributed by atoms with Gasteiger partial charge in [-0.25, -0.2) is 18.4 Å². The highest BCUT2D eigenvalue weighted by atomic mass is 19.3. The molecule has 2 fully saturated rings. The van der Waals surface area contributed by atoms with E-state index in [0.717, 1.165) is 86.1 Å². The van der Waals surface area contributed by atoms with Gasteiger partial charge in [-0.15, -0.1) is 0 Å². The van der Waals surface area contributed by atoms with Crippen LogP contribution in [0.1, 0.15) is 105 Å². The summed E-state index contributed by atoms with van der Waals surface area (Å²) in [5.74, 6) is 0.0810. The molecule has 5 amide bonds. The highest BCUT2D eigenvalue weighted by Crippen LogP contribution is 2.44. The molecule has 19 heteroatoms. The lowest BCUT2D eigenvalue weighted by Gasteiger charge is -2.34. The number of hydrogen-bond donors (Lipinski definition) is 3. The number of unbranched alkanes of at least 4 members (excludes halogenated alkanes) is 3. The first-order valence-electron chi connectivity index (χ1n) is 23.2. The molecule has 9 rings (SSSR count). The Morgan fingerprint density at radius 2 is 1.71 bits per heavy atom. The minimum atomic E-state index is -2.69. The highest BCUT2D eigenvalue weighted by molar-refractivity contribution is 6.00. The minimum Gasteiger partial charge on any atom is -0.385 e. The van der Waals surface area contributed by atoms with E-state index in [1.54, 1.807) is 49.2 Å². The van der Waals surface area contributed by atoms with Crippen molar-refractivity contribution in [3.63, 3.8) is 0 Å². The molecule has 7 heterocycles. The number of imide groups is 1. The van der Waals surface area contributed by atoms with Gasteiger partial charge in [-0.2, -0.15) is 10.2 Å². The number of hydrogen-bond acceptors (Lipinski definition) is 9. The summed E-state index contributed by atoms with van der Waals surface area (Å²) in [6, 6.07) is 8.30. The Balaban J connectivity index is 0.797. The molecule has 0 saturated carbocycles. The predicted octanol–water partition coefficient (Wildman–Crippen LogP) is 5.86. The van der Waals surface area contributed by atoms with Crippen molar-refractivity contribution in [3.8, 4) is 11.1 Å². The van der Waals surface area contributed by atoms with E-state index in [9.17, 15) is 32.8 Å². The number of nitrogens with zero attached hydrogens (tertiary/aromatic N) is 9. The maximum absolute atomic E-state index is 14.7. The van der Waals surface area contributed by atoms with Gasteiger partial charge >= 0.3 is 11.7 Å². The Morgan fingerprint density at radius 1 is 0.909 bits per heavy atom. The lowest BCUT2D eigenvalue weighted by atomic mass is 9.92. The first-order valence-corrected chi connectivity index (χ1v) is 23.2. The van der Waals surface area contributed by atoms with Crippen molar-refractivity contribution >= 4 is 52.0 Å². The standard InChI is InChI=1S/C47H58F2N12O5/c1-50-46(65)58-22-17-36-35(28-58)44(59-19-8-9-29-23-33(30-26-52-55(2)27-30)34(43(48)49)25-39(29)59)54-61(36)32-15-20-57(21-16-32)42(63)10-6-4-5-7-18-51-31-11-12-37-40(24-31)56(3)47(66)60(37)38-13-14-41(62)53-45(38)64/h11-12,23-27,32,38,43,51H,4-10,13-22,28H2,1-3H3,(H,50,65)(H,53,62,64). The molecule has 5 aromatic rings. The number of alkyl halides is 2. The van der Waals surface area contributed by atoms with Crippen molar-refractivity contribution in [2.24, 2.45) is 14.1 Å². The Bertz CT molecular complexity index is 2730. The average molecular weight is 909 g/mol. The van der Waals surface area contributed by atoms with E-state index in [1.165, 1.54) is 9.13 Å². The number of carbonyl (C=O) groups is 4. The number of halogens is 2. The number of aryl methyl sites for hydroxylation is 3. The molecule has 0 aliphatic carbocycles. The van der Waals surface area contributed by atoms with Crippen LogP contribution in [-0.4, -0.2) is 102 Å². The molecule has 2 aromatic carbocycles. The summed E-state index contributed by atoms with van der Waals surface area (Å²) in [6.45, 7) is 3.48. The number of carbonyl (C=O) groups excluding carboxylic acids is 4. The zero-order valence-corrected chi connectivity index (χ0v) is 37.8. The van der Waals surface area contributed by atoms with E-state index in [1.807, 2.05) is 29.2 Å². The lowest BCUT2D eigenvalue weighted by Crippen LogP contribution is -2.44. The van der Waals surface area contributed by atoms with Crippen molar-refractivity contribution in [1.29, 1.82) is 0 Å². The average Bonchev–Trinajstić information content (AvgIpc) is 4.00. The van der Waals surface area contributed by atoms with Gasteiger partial charge in [0, 0.05) is 113 Å². The molecule has 350 valence electrons. The number of nitrogens with one attached hydrogen (secondary N) is 3. The number of aromatic nitrogens is 6. The number of imidazole rings is 1. The Morgan fingerprint density at radius 3 is 2.45 bits per heavy atom. The van der Waals surface area contributed by atoms with Crippen LogP contribution in [0.4, 0.5) is 30.8 Å². The monoisotopic (exact) mass is 908 g/mol. The zero-order chi connectivity index (χ0) is 46.2. The number of benzene rings is 2. The van der Waals surface area contributed by atoms with E-state index in [2.05, 4.69) is 30.6 Å². The van der Waals surface area contributed by atoms with Crippen LogP contribution in [0.3, 0.4) is 0 Å². The third-order valence-corrected chi connectivity index (χ3v) is 13.9. The van der Waals surface area contributed by atoms with Gasteiger partial charge in [0.05, 0.1) is 29.8 Å². The third kappa shape index (κ3) is 8.66. The highest BCUT2D eigenvalue weighted by Gasteiger charge is 2.36. The summed E-state index contributed by atoms with van der Waals surface area (Å²) in [5, 5.41) is 18.0. The first kappa shape index (κ1) is 44.7. The molecule has 0 spiro atoms. The van der Waals surface area contributed by atoms with Crippen LogP contribution in [0.2, 0.25) is 0 Å². The molecule has 3 aromatic heterocycles. The number of urea groups is 1. The molecule has 4 aliphatic rings. The Hall–Kier alpha value is -6.53. The molecule has 17 nitrogen and oxygen atoms in total. The fourth-order valence-electron chi connectivity index (χ4n) is 10.3. The maximum atomic E-state index is 14.7. The van der Waals surface area contributed by atoms with Crippen molar-refractivity contribution in [2.45, 2.75) is 102 Å². The molecule has 66 heavy (non-hydrogen) atoms. The molecule has 3 N–H and O–H groups in total. The number of anilines is 3. The second-order valence-corrected chi connectivity index (χ2v) is 18.0. The van der Waals surface area contributed by atoms with Gasteiger partial charge in [0.25, 0.3) is 6.43 Å². The fourth-order valence-corrected chi connectivity index (χ4v) is 10.3. The largest absolute Gasteiger partial charge is 0.385 e. The molecule has 4 aliphatic heterocycles. The molecule has 0 radical (unpaired) electrons. The Labute approximate surface area is 381 Å². The summed E-state index contributed by atoms with van der Waals surface area (Å²) < 4.78 is 36.2. The number of rotatable bonds is 13. The predicted molar refractivity (Wildman–Crippen MR) is 245 cm³/mol. The van der Waals surface area contributed by atoms with Crippen LogP contribution in [0.15, 0.2) is 47.5 Å². The smallest absolute Gasteiger partial charge is 0.329 e. The van der Waals surface area contributed by atoms with Crippen molar-refractivity contribution in [1.82, 2.24) is 49.1 Å². The normalized spacial score (nSPS) is 17.9. The van der Waals surface area contributed by atoms with Crippen molar-refractivity contribution in [2.75, 3.05) is 50.0 Å². The second-order valence-electron chi connectivity index (χ2n) is 18.0. The molecule has 0 bridgehead atoms. The van der Waals surface area contributed by atoms with Crippen molar-refractivity contribution < 1.29 is 28.0 Å². The van der Waals surface area contributed by atoms with Gasteiger partial charge < -0.3 is 25.3 Å². The van der Waals surface area contributed by atoms with Crippen LogP contribution in [0.25, 0.3) is 22.2 Å². The fraction of sp³-hybridized carbons (Fsp3) is 0.511. The van der Waals surface area contributed by atoms with E-state index < -0.39 is 18.4 Å². The number of piperidine rings is 2. The Kier molecular flexibility index (Phi) is 12.7. The van der Waals surface area contributed by atoms with Gasteiger partial charge in [-0.3, -0.25) is 38.2 Å². The summed E-state index contributed by atoms with van der Waals surface area (Å²) in [4.78, 5) is 69.4. The molecular weight excluding hydrogens is 851 g/mol. The van der Waals surface area contributed by atoms with Crippen molar-refractivity contribution in [3.05, 3.63) is 75.6 Å². The molecule has 1 unspecified atom stereocenters. The van der Waals surface area contributed by atoms with Gasteiger partial charge in [0.15, 0.2) is 5.82 Å². The number of fused-ring (bicyclic) bond motifs is 3. The van der Waals surface area contributed by atoms with E-state index >= 15 is 0 Å². The second kappa shape index (κ2) is 18.8. The lowest BCUT2D eigenvalue weighted by molar-refractivity contribution is -0.136. The summed E-state index contributed by atoms with van der Waals surface area (Å²) >= 11 is 0. The van der Waals surface area contributed by atoms with Crippen LogP contribution >= 0.6 is 0 Å². The van der Waals surface area contributed by atoms with E-state index in [0.29, 0.717) is 73.5 Å². The minimum absolute atomic E-state index is 0.0496. The van der Waals surface area contributed by atoms with Gasteiger partial charge in [0.1, 0.15) is 6.04 Å². The van der Waals surface area contributed by atoms with Crippen LogP contribution in [0.5, 0.6) is 0 Å². The summed E-state index contributed by atoms with van der Waals surface area (Å²) in [5.41, 5.74) is 6.69. The summed E-state index contributed by atoms with van der Waals surface area (Å²) in [6.07, 6.45) is 8.90. The molecular formula is C47H58F2N12O5. The quantitative estimate of drug-likeness (QED) is 0.0966. The SMILES string of the molecule is CNC(=O)N1CCc2c(c(N3CCCc4cc(-c5cnn(C)c5)c(C(F)F)cc43)nn2C2CCN(C(=O)CCCCCCNc3ccc4c(c3)n(C)c(=O)n4C3CCC(=O)NC3=O)CC2)C1. The first-order chi connectivity index (χ1) is 31.9. The third-order valence-electron chi connectivity index (χ3n) is 13.9. The van der Waals surface area contributed by atoms with E-state index in [-0.39, 0.29) is 48.0 Å². The number of likely N-dealkylation sites (tertiary alicyclic amines) is 1. The number of amides is 5. The van der Waals surface area contributed by atoms with Crippen LogP contribution in [-0.2, 0) is 47.9 Å². The topological polar surface area (TPSA) is 177 Å². The summed E-state index contributed by atoms with van der Waals surface area (Å²) in [7, 11) is 5.07. The molecule has 1 atom stereocenters. The van der Waals surface area contributed by atoms with Crippen LogP contribution < -0.4 is 26.5 Å². The zero-order valence-electron chi connectivity index (χ0n) is 37.8. The maximum Gasteiger partial charge on any atom is 0.329 e. The van der Waals surface area contributed by atoms with Gasteiger partial charge in [0.2, 0.25) is 17.7 Å². The molecule has 2 saturated heterocycles. The van der Waals surface area contributed by atoms with Crippen LogP contribution in [0, 0.1) is 0 Å². The van der Waals surface area contributed by atoms with Gasteiger partial charge in [-0.1, -0.05) is 12.8 Å². The van der Waals surface area contributed by atoms with Gasteiger partial charge in [-0.05, 0) is 86.4 Å². The van der Waals surface area contributed by atoms with E-state index in [4.69, 9.17) is 5.10 Å².